The van der Waals surface area contributed by atoms with Crippen molar-refractivity contribution in [1.29, 1.82) is 0 Å². The summed E-state index contributed by atoms with van der Waals surface area (Å²) in [5.74, 6) is 0.435. The predicted octanol–water partition coefficient (Wildman–Crippen LogP) is 1.66. The Morgan fingerprint density at radius 3 is 2.77 bits per heavy atom. The van der Waals surface area contributed by atoms with Crippen LogP contribution in [-0.2, 0) is 0 Å². The minimum Gasteiger partial charge on any atom is -0.353 e. The molecule has 7 heteroatoms. The van der Waals surface area contributed by atoms with Crippen LogP contribution >= 0.6 is 0 Å². The lowest BCUT2D eigenvalue weighted by Crippen LogP contribution is -2.56. The number of fused-ring (bicyclic) bond motifs is 1. The molecule has 1 atom stereocenters. The molecule has 2 aliphatic heterocycles. The van der Waals surface area contributed by atoms with Gasteiger partial charge in [-0.15, -0.1) is 0 Å². The third kappa shape index (κ3) is 2.71. The Morgan fingerprint density at radius 2 is 2.04 bits per heavy atom. The van der Waals surface area contributed by atoms with Crippen LogP contribution in [0, 0.1) is 0 Å². The lowest BCUT2D eigenvalue weighted by molar-refractivity contribution is 0.0132. The van der Waals surface area contributed by atoms with Crippen molar-refractivity contribution in [3.05, 3.63) is 65.5 Å². The molecule has 7 nitrogen and oxygen atoms in total. The van der Waals surface area contributed by atoms with E-state index in [0.29, 0.717) is 23.8 Å². The summed E-state index contributed by atoms with van der Waals surface area (Å²) in [7, 11) is 1.71. The molecule has 0 spiro atoms. The maximum absolute atomic E-state index is 12.8. The smallest absolute Gasteiger partial charge is 0.272 e. The molecule has 2 aromatic rings. The van der Waals surface area contributed by atoms with E-state index in [1.165, 1.54) is 5.01 Å². The van der Waals surface area contributed by atoms with E-state index >= 15 is 0 Å². The molecule has 1 aromatic heterocycles. The molecule has 0 fully saturated rings. The number of Topliss-reactive ketones (excluding diaryl/α,β-unsaturated/α-hetero) is 1. The Kier molecular flexibility index (Phi) is 4.12. The van der Waals surface area contributed by atoms with Gasteiger partial charge in [0.05, 0.1) is 12.6 Å². The number of rotatable bonds is 3. The zero-order valence-corrected chi connectivity index (χ0v) is 14.4. The van der Waals surface area contributed by atoms with Crippen molar-refractivity contribution < 1.29 is 9.59 Å². The number of carbonyl (C=O) groups is 2. The maximum atomic E-state index is 12.8. The number of hydrogen-bond donors (Lipinski definition) is 1. The molecule has 0 radical (unpaired) electrons. The molecular weight excluding hydrogens is 330 g/mol. The van der Waals surface area contributed by atoms with Crippen molar-refractivity contribution in [3.8, 4) is 0 Å². The molecule has 4 rings (SSSR count). The first kappa shape index (κ1) is 16.3. The molecule has 0 bridgehead atoms. The van der Waals surface area contributed by atoms with Crippen LogP contribution in [0.2, 0.25) is 0 Å². The first-order valence-electron chi connectivity index (χ1n) is 8.55. The standard InChI is InChI=1S/C19H19N5O2/c1-23-18(26)14-7-3-2-6-13(14)16(24(23)19-21-10-11-22-19)12-17(25)15-8-4-5-9-20-15/h2-9,16H,10-12H2,1H3,(H,21,22). The lowest BCUT2D eigenvalue weighted by atomic mass is 9.92. The fourth-order valence-corrected chi connectivity index (χ4v) is 3.43. The minimum atomic E-state index is -0.326. The molecule has 1 amide bonds. The van der Waals surface area contributed by atoms with E-state index < -0.39 is 0 Å². The Balaban J connectivity index is 1.75. The fourth-order valence-electron chi connectivity index (χ4n) is 3.43. The van der Waals surface area contributed by atoms with Gasteiger partial charge in [-0.1, -0.05) is 24.3 Å². The summed E-state index contributed by atoms with van der Waals surface area (Å²) in [4.78, 5) is 34.2. The van der Waals surface area contributed by atoms with E-state index in [4.69, 9.17) is 0 Å². The van der Waals surface area contributed by atoms with Gasteiger partial charge >= 0.3 is 0 Å². The molecule has 1 aromatic carbocycles. The fraction of sp³-hybridized carbons (Fsp3) is 0.263. The molecule has 1 N–H and O–H groups in total. The zero-order chi connectivity index (χ0) is 18.1. The summed E-state index contributed by atoms with van der Waals surface area (Å²) in [5.41, 5.74) is 1.87. The number of hydrazine groups is 1. The predicted molar refractivity (Wildman–Crippen MR) is 96.6 cm³/mol. The van der Waals surface area contributed by atoms with Crippen LogP contribution in [0.5, 0.6) is 0 Å². The normalized spacial score (nSPS) is 19.0. The van der Waals surface area contributed by atoms with E-state index in [1.54, 1.807) is 42.5 Å². The van der Waals surface area contributed by atoms with E-state index in [0.717, 1.165) is 12.1 Å². The first-order chi connectivity index (χ1) is 12.7. The number of carbonyl (C=O) groups excluding carboxylic acids is 2. The molecule has 2 aliphatic rings. The molecule has 3 heterocycles. The van der Waals surface area contributed by atoms with Crippen LogP contribution in [0.1, 0.15) is 38.9 Å². The number of ketones is 1. The Labute approximate surface area is 151 Å². The lowest BCUT2D eigenvalue weighted by Gasteiger charge is -2.43. The van der Waals surface area contributed by atoms with Gasteiger partial charge in [-0.25, -0.2) is 15.0 Å². The average molecular weight is 349 g/mol. The molecule has 132 valence electrons. The van der Waals surface area contributed by atoms with Crippen LogP contribution in [-0.4, -0.2) is 52.8 Å². The molecule has 0 saturated carbocycles. The minimum absolute atomic E-state index is 0.0725. The van der Waals surface area contributed by atoms with Crippen LogP contribution in [0.25, 0.3) is 0 Å². The third-order valence-corrected chi connectivity index (χ3v) is 4.67. The summed E-state index contributed by atoms with van der Waals surface area (Å²) < 4.78 is 0. The summed E-state index contributed by atoms with van der Waals surface area (Å²) in [6, 6.07) is 12.4. The molecule has 1 unspecified atom stereocenters. The Morgan fingerprint density at radius 1 is 1.23 bits per heavy atom. The van der Waals surface area contributed by atoms with Crippen molar-refractivity contribution in [3.63, 3.8) is 0 Å². The number of pyridine rings is 1. The second kappa shape index (κ2) is 6.59. The summed E-state index contributed by atoms with van der Waals surface area (Å²) in [5, 5.41) is 6.53. The highest BCUT2D eigenvalue weighted by Crippen LogP contribution is 2.35. The van der Waals surface area contributed by atoms with E-state index in [1.807, 2.05) is 18.2 Å². The number of nitrogens with zero attached hydrogens (tertiary/aromatic N) is 4. The number of aliphatic imine (C=N–C) groups is 1. The third-order valence-electron chi connectivity index (χ3n) is 4.67. The summed E-state index contributed by atoms with van der Waals surface area (Å²) in [6.45, 7) is 1.37. The Hall–Kier alpha value is -3.22. The number of benzene rings is 1. The number of amides is 1. The molecule has 0 saturated heterocycles. The largest absolute Gasteiger partial charge is 0.353 e. The van der Waals surface area contributed by atoms with Gasteiger partial charge in [0.25, 0.3) is 5.91 Å². The number of hydrogen-bond acceptors (Lipinski definition) is 6. The van der Waals surface area contributed by atoms with Gasteiger partial charge in [-0.05, 0) is 23.8 Å². The summed E-state index contributed by atoms with van der Waals surface area (Å²) >= 11 is 0. The van der Waals surface area contributed by atoms with Crippen molar-refractivity contribution in [2.45, 2.75) is 12.5 Å². The van der Waals surface area contributed by atoms with Gasteiger partial charge in [0.1, 0.15) is 5.69 Å². The molecular formula is C19H19N5O2. The maximum Gasteiger partial charge on any atom is 0.272 e. The second-order valence-corrected chi connectivity index (χ2v) is 6.25. The summed E-state index contributed by atoms with van der Waals surface area (Å²) in [6.07, 6.45) is 1.81. The number of guanidine groups is 1. The van der Waals surface area contributed by atoms with Crippen molar-refractivity contribution in [2.75, 3.05) is 20.1 Å². The van der Waals surface area contributed by atoms with Crippen molar-refractivity contribution >= 4 is 17.6 Å². The first-order valence-corrected chi connectivity index (χ1v) is 8.55. The van der Waals surface area contributed by atoms with Crippen LogP contribution in [0.3, 0.4) is 0 Å². The Bertz CT molecular complexity index is 881. The quantitative estimate of drug-likeness (QED) is 0.853. The number of aromatic nitrogens is 1. The van der Waals surface area contributed by atoms with Crippen molar-refractivity contribution in [1.82, 2.24) is 20.3 Å². The van der Waals surface area contributed by atoms with Gasteiger partial charge in [-0.2, -0.15) is 0 Å². The van der Waals surface area contributed by atoms with Crippen LogP contribution in [0.4, 0.5) is 0 Å². The zero-order valence-electron chi connectivity index (χ0n) is 14.4. The van der Waals surface area contributed by atoms with E-state index in [-0.39, 0.29) is 24.2 Å². The van der Waals surface area contributed by atoms with Gasteiger partial charge in [0, 0.05) is 31.8 Å². The highest BCUT2D eigenvalue weighted by molar-refractivity contribution is 6.00. The highest BCUT2D eigenvalue weighted by Gasteiger charge is 2.39. The SMILES string of the molecule is CN1C(=O)c2ccccc2C(CC(=O)c2ccccn2)N1C1=NCCN1. The average Bonchev–Trinajstić information content (AvgIpc) is 3.21. The van der Waals surface area contributed by atoms with Crippen LogP contribution in [0.15, 0.2) is 53.7 Å². The van der Waals surface area contributed by atoms with Crippen molar-refractivity contribution in [2.24, 2.45) is 4.99 Å². The highest BCUT2D eigenvalue weighted by atomic mass is 16.2. The van der Waals surface area contributed by atoms with Gasteiger partial charge in [0.2, 0.25) is 5.96 Å². The van der Waals surface area contributed by atoms with E-state index in [9.17, 15) is 9.59 Å². The monoisotopic (exact) mass is 349 g/mol. The van der Waals surface area contributed by atoms with E-state index in [2.05, 4.69) is 15.3 Å². The molecule has 26 heavy (non-hydrogen) atoms. The molecule has 0 aliphatic carbocycles. The topological polar surface area (TPSA) is 77.9 Å². The van der Waals surface area contributed by atoms with Gasteiger partial charge in [-0.3, -0.25) is 14.6 Å². The van der Waals surface area contributed by atoms with Gasteiger partial charge in [0.15, 0.2) is 5.78 Å². The number of nitrogens with one attached hydrogen (secondary N) is 1. The van der Waals surface area contributed by atoms with Crippen LogP contribution < -0.4 is 5.32 Å². The second-order valence-electron chi connectivity index (χ2n) is 6.25. The van der Waals surface area contributed by atoms with Gasteiger partial charge < -0.3 is 5.32 Å².